The predicted molar refractivity (Wildman–Crippen MR) is 118 cm³/mol. The summed E-state index contributed by atoms with van der Waals surface area (Å²) in [6, 6.07) is 7.30. The van der Waals surface area contributed by atoms with Crippen molar-refractivity contribution >= 4 is 72.8 Å². The van der Waals surface area contributed by atoms with Crippen LogP contribution >= 0.6 is 55.1 Å². The number of aliphatic carboxylic acids is 1. The van der Waals surface area contributed by atoms with E-state index in [1.807, 2.05) is 13.8 Å². The zero-order valence-electron chi connectivity index (χ0n) is 14.5. The highest BCUT2D eigenvalue weighted by molar-refractivity contribution is 9.11. The third kappa shape index (κ3) is 6.42. The van der Waals surface area contributed by atoms with Crippen molar-refractivity contribution in [3.05, 3.63) is 60.5 Å². The SMILES string of the molecule is CC(C)Nc1cc(Cl)cc(COc2c(Br)cc(/C=C/C(=O)O)cc2Br)c1Cl. The molecule has 2 aromatic rings. The quantitative estimate of drug-likeness (QED) is 0.373. The van der Waals surface area contributed by atoms with E-state index in [4.69, 9.17) is 33.0 Å². The number of hydrogen-bond donors (Lipinski definition) is 2. The summed E-state index contributed by atoms with van der Waals surface area (Å²) in [7, 11) is 0. The molecule has 0 fully saturated rings. The van der Waals surface area contributed by atoms with Gasteiger partial charge >= 0.3 is 5.97 Å². The van der Waals surface area contributed by atoms with E-state index in [2.05, 4.69) is 37.2 Å². The van der Waals surface area contributed by atoms with E-state index >= 15 is 0 Å². The molecule has 2 aromatic carbocycles. The molecule has 27 heavy (non-hydrogen) atoms. The molecule has 0 aliphatic carbocycles. The van der Waals surface area contributed by atoms with Gasteiger partial charge in [0.05, 0.1) is 19.7 Å². The lowest BCUT2D eigenvalue weighted by atomic mass is 10.2. The van der Waals surface area contributed by atoms with Gasteiger partial charge in [0.25, 0.3) is 0 Å². The van der Waals surface area contributed by atoms with Crippen LogP contribution in [0.1, 0.15) is 25.0 Å². The van der Waals surface area contributed by atoms with Crippen LogP contribution < -0.4 is 10.1 Å². The van der Waals surface area contributed by atoms with Crippen LogP contribution in [0, 0.1) is 0 Å². The Morgan fingerprint density at radius 3 is 2.41 bits per heavy atom. The molecule has 2 N–H and O–H groups in total. The molecule has 144 valence electrons. The lowest BCUT2D eigenvalue weighted by molar-refractivity contribution is -0.131. The number of carboxylic acids is 1. The summed E-state index contributed by atoms with van der Waals surface area (Å²) < 4.78 is 7.29. The Hall–Kier alpha value is -1.21. The first-order valence-corrected chi connectivity index (χ1v) is 10.3. The molecular formula is C19H17Br2Cl2NO3. The van der Waals surface area contributed by atoms with Crippen molar-refractivity contribution in [1.82, 2.24) is 0 Å². The molecule has 0 aliphatic heterocycles. The van der Waals surface area contributed by atoms with E-state index in [9.17, 15) is 4.79 Å². The summed E-state index contributed by atoms with van der Waals surface area (Å²) in [4.78, 5) is 10.7. The van der Waals surface area contributed by atoms with Gasteiger partial charge < -0.3 is 15.2 Å². The first kappa shape index (κ1) is 22.1. The lowest BCUT2D eigenvalue weighted by Gasteiger charge is -2.16. The molecule has 0 atom stereocenters. The van der Waals surface area contributed by atoms with Crippen LogP contribution in [0.25, 0.3) is 6.08 Å². The largest absolute Gasteiger partial charge is 0.486 e. The van der Waals surface area contributed by atoms with Crippen LogP contribution in [0.2, 0.25) is 10.0 Å². The number of nitrogens with one attached hydrogen (secondary N) is 1. The number of anilines is 1. The third-order valence-corrected chi connectivity index (χ3v) is 5.21. The van der Waals surface area contributed by atoms with Gasteiger partial charge in [-0.1, -0.05) is 23.2 Å². The molecule has 0 saturated carbocycles. The van der Waals surface area contributed by atoms with Crippen molar-refractivity contribution in [1.29, 1.82) is 0 Å². The lowest BCUT2D eigenvalue weighted by Crippen LogP contribution is -2.11. The summed E-state index contributed by atoms with van der Waals surface area (Å²) in [6.45, 7) is 4.25. The van der Waals surface area contributed by atoms with E-state index in [-0.39, 0.29) is 12.6 Å². The Balaban J connectivity index is 2.24. The number of carbonyl (C=O) groups is 1. The summed E-state index contributed by atoms with van der Waals surface area (Å²) in [6.07, 6.45) is 2.57. The minimum absolute atomic E-state index is 0.212. The Bertz CT molecular complexity index is 862. The average Bonchev–Trinajstić information content (AvgIpc) is 2.55. The molecule has 0 heterocycles. The minimum Gasteiger partial charge on any atom is -0.486 e. The number of ether oxygens (including phenoxy) is 1. The summed E-state index contributed by atoms with van der Waals surface area (Å²) in [5.41, 5.74) is 2.22. The van der Waals surface area contributed by atoms with E-state index in [0.717, 1.165) is 17.3 Å². The van der Waals surface area contributed by atoms with Crippen molar-refractivity contribution in [3.63, 3.8) is 0 Å². The Kier molecular flexibility index (Phi) is 8.04. The maximum absolute atomic E-state index is 10.7. The van der Waals surface area contributed by atoms with E-state index < -0.39 is 5.97 Å². The Morgan fingerprint density at radius 2 is 1.85 bits per heavy atom. The highest BCUT2D eigenvalue weighted by Gasteiger charge is 2.13. The van der Waals surface area contributed by atoms with Crippen molar-refractivity contribution in [2.45, 2.75) is 26.5 Å². The van der Waals surface area contributed by atoms with Gasteiger partial charge in [-0.15, -0.1) is 0 Å². The Labute approximate surface area is 184 Å². The third-order valence-electron chi connectivity index (χ3n) is 3.37. The number of benzene rings is 2. The van der Waals surface area contributed by atoms with Crippen molar-refractivity contribution in [2.75, 3.05) is 5.32 Å². The first-order valence-electron chi connectivity index (χ1n) is 7.94. The molecule has 0 aliphatic rings. The fourth-order valence-corrected chi connectivity index (χ4v) is 4.21. The van der Waals surface area contributed by atoms with E-state index in [1.54, 1.807) is 24.3 Å². The van der Waals surface area contributed by atoms with Crippen LogP contribution in [0.3, 0.4) is 0 Å². The van der Waals surface area contributed by atoms with Gasteiger partial charge in [-0.3, -0.25) is 0 Å². The molecule has 4 nitrogen and oxygen atoms in total. The van der Waals surface area contributed by atoms with E-state index in [0.29, 0.717) is 30.3 Å². The second-order valence-electron chi connectivity index (χ2n) is 6.00. The summed E-state index contributed by atoms with van der Waals surface area (Å²) >= 11 is 19.6. The number of carboxylic acid groups (broad SMARTS) is 1. The molecule has 2 rings (SSSR count). The topological polar surface area (TPSA) is 58.6 Å². The number of rotatable bonds is 7. The summed E-state index contributed by atoms with van der Waals surface area (Å²) in [5.74, 6) is -0.430. The maximum atomic E-state index is 10.7. The van der Waals surface area contributed by atoms with Crippen LogP contribution in [0.4, 0.5) is 5.69 Å². The monoisotopic (exact) mass is 535 g/mol. The highest BCUT2D eigenvalue weighted by atomic mass is 79.9. The van der Waals surface area contributed by atoms with Gasteiger partial charge in [0, 0.05) is 22.7 Å². The van der Waals surface area contributed by atoms with Crippen LogP contribution in [-0.4, -0.2) is 17.1 Å². The molecule has 0 saturated heterocycles. The second-order valence-corrected chi connectivity index (χ2v) is 8.52. The summed E-state index contributed by atoms with van der Waals surface area (Å²) in [5, 5.41) is 13.1. The van der Waals surface area contributed by atoms with Gasteiger partial charge in [0.2, 0.25) is 0 Å². The zero-order chi connectivity index (χ0) is 20.1. The molecule has 0 bridgehead atoms. The number of hydrogen-bond acceptors (Lipinski definition) is 3. The molecule has 0 unspecified atom stereocenters. The van der Waals surface area contributed by atoms with Crippen LogP contribution in [0.15, 0.2) is 39.3 Å². The van der Waals surface area contributed by atoms with Gasteiger partial charge in [0.15, 0.2) is 0 Å². The predicted octanol–water partition coefficient (Wildman–Crippen LogP) is 7.02. The van der Waals surface area contributed by atoms with Gasteiger partial charge in [0.1, 0.15) is 12.4 Å². The molecule has 0 amide bonds. The fourth-order valence-electron chi connectivity index (χ4n) is 2.30. The molecular weight excluding hydrogens is 521 g/mol. The molecule has 8 heteroatoms. The van der Waals surface area contributed by atoms with Crippen LogP contribution in [0.5, 0.6) is 5.75 Å². The van der Waals surface area contributed by atoms with Gasteiger partial charge in [-0.25, -0.2) is 4.79 Å². The van der Waals surface area contributed by atoms with Gasteiger partial charge in [-0.05, 0) is 81.6 Å². The van der Waals surface area contributed by atoms with Gasteiger partial charge in [-0.2, -0.15) is 0 Å². The number of halogens is 4. The second kappa shape index (κ2) is 9.82. The molecule has 0 aromatic heterocycles. The zero-order valence-corrected chi connectivity index (χ0v) is 19.2. The fraction of sp³-hybridized carbons (Fsp3) is 0.211. The van der Waals surface area contributed by atoms with Crippen molar-refractivity contribution in [2.24, 2.45) is 0 Å². The van der Waals surface area contributed by atoms with Crippen molar-refractivity contribution in [3.8, 4) is 5.75 Å². The smallest absolute Gasteiger partial charge is 0.328 e. The van der Waals surface area contributed by atoms with Crippen LogP contribution in [-0.2, 0) is 11.4 Å². The van der Waals surface area contributed by atoms with E-state index in [1.165, 1.54) is 6.08 Å². The Morgan fingerprint density at radius 1 is 1.22 bits per heavy atom. The normalized spacial score (nSPS) is 11.2. The minimum atomic E-state index is -1.01. The standard InChI is InChI=1S/C19H17Br2Cl2NO3/c1-10(2)24-16-8-13(22)7-12(18(16)23)9-27-19-14(20)5-11(6-15(19)21)3-4-17(25)26/h3-8,10,24H,9H2,1-2H3,(H,25,26)/b4-3+. The highest BCUT2D eigenvalue weighted by Crippen LogP contribution is 2.37. The first-order chi connectivity index (χ1) is 12.7. The molecule has 0 spiro atoms. The van der Waals surface area contributed by atoms with Crippen molar-refractivity contribution < 1.29 is 14.6 Å². The average molecular weight is 538 g/mol. The molecule has 0 radical (unpaired) electrons. The maximum Gasteiger partial charge on any atom is 0.328 e.